The van der Waals surface area contributed by atoms with Gasteiger partial charge in [-0.05, 0) is 49.3 Å². The highest BCUT2D eigenvalue weighted by Gasteiger charge is 2.43. The minimum Gasteiger partial charge on any atom is -0.482 e. The summed E-state index contributed by atoms with van der Waals surface area (Å²) in [5, 5.41) is 16.7. The van der Waals surface area contributed by atoms with E-state index in [1.54, 1.807) is 4.90 Å². The zero-order valence-corrected chi connectivity index (χ0v) is 27.3. The topological polar surface area (TPSA) is 122 Å². The van der Waals surface area contributed by atoms with Gasteiger partial charge in [0.25, 0.3) is 5.91 Å². The van der Waals surface area contributed by atoms with Gasteiger partial charge in [0.05, 0.1) is 59.5 Å². The lowest BCUT2D eigenvalue weighted by Crippen LogP contribution is -2.63. The number of hydrogen-bond donors (Lipinski definition) is 0. The number of nitrogens with zero attached hydrogens (tertiary/aromatic N) is 8. The molecule has 0 bridgehead atoms. The molecule has 0 unspecified atom stereocenters. The molecule has 2 atom stereocenters. The molecular weight excluding hydrogens is 604 g/mol. The first-order valence-corrected chi connectivity index (χ1v) is 16.2. The number of likely N-dealkylation sites (tertiary alicyclic amines) is 1. The molecule has 3 aliphatic heterocycles. The predicted molar refractivity (Wildman–Crippen MR) is 174 cm³/mol. The number of hydrogen-bond acceptors (Lipinski definition) is 9. The molecule has 3 aliphatic rings. The summed E-state index contributed by atoms with van der Waals surface area (Å²) in [6.07, 6.45) is 6.50. The van der Waals surface area contributed by atoms with E-state index in [1.807, 2.05) is 24.4 Å². The Hall–Kier alpha value is -4.11. The molecule has 2 saturated heterocycles. The molecule has 0 spiro atoms. The van der Waals surface area contributed by atoms with Crippen LogP contribution in [0, 0.1) is 23.2 Å². The summed E-state index contributed by atoms with van der Waals surface area (Å²) < 4.78 is 13.6. The summed E-state index contributed by atoms with van der Waals surface area (Å²) in [4.78, 5) is 30.8. The molecule has 2 fully saturated rings. The van der Waals surface area contributed by atoms with E-state index in [2.05, 4.69) is 53.3 Å². The van der Waals surface area contributed by atoms with Crippen LogP contribution in [0.5, 0.6) is 5.75 Å². The van der Waals surface area contributed by atoms with E-state index in [0.717, 1.165) is 60.6 Å². The number of carbonyl (C=O) groups excluding carboxylic acids is 1. The second-order valence-corrected chi connectivity index (χ2v) is 13.8. The number of carbonyl (C=O) groups is 1. The Bertz CT molecular complexity index is 1850. The summed E-state index contributed by atoms with van der Waals surface area (Å²) in [5.74, 6) is 1.48. The molecule has 0 aliphatic carbocycles. The maximum Gasteiger partial charge on any atom is 0.265 e. The number of anilines is 1. The van der Waals surface area contributed by atoms with Crippen molar-refractivity contribution in [1.82, 2.24) is 29.6 Å². The van der Waals surface area contributed by atoms with Gasteiger partial charge in [-0.15, -0.1) is 0 Å². The molecule has 6 heterocycles. The molecule has 1 aromatic carbocycles. The Morgan fingerprint density at radius 1 is 1.20 bits per heavy atom. The fraction of sp³-hybridized carbons (Fsp3) is 0.471. The van der Waals surface area contributed by atoms with Gasteiger partial charge in [0.15, 0.2) is 12.3 Å². The summed E-state index contributed by atoms with van der Waals surface area (Å²) in [7, 11) is 0. The minimum atomic E-state index is -0.192. The zero-order chi connectivity index (χ0) is 32.2. The van der Waals surface area contributed by atoms with Crippen LogP contribution in [0.3, 0.4) is 0 Å². The fourth-order valence-corrected chi connectivity index (χ4v) is 7.06. The van der Waals surface area contributed by atoms with E-state index in [-0.39, 0.29) is 30.6 Å². The third kappa shape index (κ3) is 5.38. The first-order chi connectivity index (χ1) is 22.1. The van der Waals surface area contributed by atoms with Crippen LogP contribution in [-0.2, 0) is 22.5 Å². The van der Waals surface area contributed by atoms with Gasteiger partial charge >= 0.3 is 0 Å². The normalized spacial score (nSPS) is 21.2. The molecule has 0 radical (unpaired) electrons. The number of nitriles is 1. The number of ether oxygens (including phenoxy) is 2. The summed E-state index contributed by atoms with van der Waals surface area (Å²) in [6.45, 7) is 12.4. The van der Waals surface area contributed by atoms with Crippen molar-refractivity contribution in [2.24, 2.45) is 11.8 Å². The van der Waals surface area contributed by atoms with E-state index in [4.69, 9.17) is 31.2 Å². The Morgan fingerprint density at radius 3 is 2.65 bits per heavy atom. The van der Waals surface area contributed by atoms with Crippen LogP contribution in [0.15, 0.2) is 36.8 Å². The maximum absolute atomic E-state index is 12.9. The van der Waals surface area contributed by atoms with Crippen molar-refractivity contribution in [3.8, 4) is 22.9 Å². The Labute approximate surface area is 273 Å². The Morgan fingerprint density at radius 2 is 1.98 bits per heavy atom. The summed E-state index contributed by atoms with van der Waals surface area (Å²) in [5.41, 5.74) is 4.43. The van der Waals surface area contributed by atoms with Crippen LogP contribution in [0.4, 0.5) is 5.69 Å². The Balaban J connectivity index is 1.29. The second-order valence-electron chi connectivity index (χ2n) is 13.4. The largest absolute Gasteiger partial charge is 0.482 e. The molecule has 12 heteroatoms. The van der Waals surface area contributed by atoms with Crippen molar-refractivity contribution in [2.45, 2.75) is 58.7 Å². The highest BCUT2D eigenvalue weighted by molar-refractivity contribution is 6.30. The number of fused-ring (bicyclic) bond motifs is 2. The van der Waals surface area contributed by atoms with Gasteiger partial charge in [-0.1, -0.05) is 38.4 Å². The second kappa shape index (κ2) is 11.9. The van der Waals surface area contributed by atoms with E-state index in [9.17, 15) is 10.1 Å². The van der Waals surface area contributed by atoms with Crippen molar-refractivity contribution in [3.63, 3.8) is 0 Å². The van der Waals surface area contributed by atoms with Crippen LogP contribution in [-0.4, -0.2) is 74.0 Å². The number of piperidine rings is 1. The quantitative estimate of drug-likeness (QED) is 0.268. The number of rotatable bonds is 7. The smallest absolute Gasteiger partial charge is 0.265 e. The van der Waals surface area contributed by atoms with Gasteiger partial charge in [0.2, 0.25) is 0 Å². The van der Waals surface area contributed by atoms with Crippen LogP contribution < -0.4 is 9.64 Å². The van der Waals surface area contributed by atoms with Crippen LogP contribution >= 0.6 is 11.6 Å². The van der Waals surface area contributed by atoms with E-state index in [1.165, 1.54) is 12.4 Å². The number of benzene rings is 1. The third-order valence-corrected chi connectivity index (χ3v) is 9.65. The first-order valence-electron chi connectivity index (χ1n) is 15.8. The molecule has 0 saturated carbocycles. The van der Waals surface area contributed by atoms with Crippen molar-refractivity contribution < 1.29 is 14.3 Å². The van der Waals surface area contributed by atoms with Crippen molar-refractivity contribution in [1.29, 1.82) is 5.26 Å². The predicted octanol–water partition coefficient (Wildman–Crippen LogP) is 5.21. The molecule has 1 amide bonds. The lowest BCUT2D eigenvalue weighted by atomic mass is 9.88. The highest BCUT2D eigenvalue weighted by Crippen LogP contribution is 2.42. The van der Waals surface area contributed by atoms with Gasteiger partial charge in [-0.2, -0.15) is 10.4 Å². The average Bonchev–Trinajstić information content (AvgIpc) is 3.44. The molecule has 11 nitrogen and oxygen atoms in total. The molecule has 0 N–H and O–H groups in total. The van der Waals surface area contributed by atoms with E-state index in [0.29, 0.717) is 46.1 Å². The lowest BCUT2D eigenvalue weighted by molar-refractivity contribution is -0.143. The SMILES string of the molecule is CC(C)Cc1nc2c(cnn2[C@@H]2CCN(C3(C)COC3)C[C@H]2C)c(-c2ccc3c(c2)OCC(=O)N3Cc2ncc(Cl)cn2)c1C#N. The number of pyridine rings is 1. The fourth-order valence-electron chi connectivity index (χ4n) is 6.97. The van der Waals surface area contributed by atoms with Crippen molar-refractivity contribution in [3.05, 3.63) is 58.9 Å². The molecule has 3 aromatic heterocycles. The number of halogens is 1. The van der Waals surface area contributed by atoms with Gasteiger partial charge in [0, 0.05) is 36.4 Å². The van der Waals surface area contributed by atoms with Gasteiger partial charge in [0.1, 0.15) is 17.6 Å². The van der Waals surface area contributed by atoms with Gasteiger partial charge in [-0.3, -0.25) is 14.6 Å². The summed E-state index contributed by atoms with van der Waals surface area (Å²) >= 11 is 5.96. The van der Waals surface area contributed by atoms with Crippen molar-refractivity contribution >= 4 is 34.2 Å². The zero-order valence-electron chi connectivity index (χ0n) is 26.5. The van der Waals surface area contributed by atoms with E-state index >= 15 is 0 Å². The standard InChI is InChI=1S/C34H37ClN8O3/c1-20(2)9-26-24(11-36)32(22-5-6-28-29(10-22)46-17-31(44)42(28)16-30-37-12-23(35)13-38-30)25-14-39-43(33(25)40-26)27-7-8-41(15-21(27)3)34(4)18-45-19-34/h5-6,10,12-14,20-21,27H,7-9,15-19H2,1-4H3/t21-,27-/m1/s1. The molecule has 4 aromatic rings. The molecule has 46 heavy (non-hydrogen) atoms. The third-order valence-electron chi connectivity index (χ3n) is 9.46. The van der Waals surface area contributed by atoms with Gasteiger partial charge in [-0.25, -0.2) is 19.6 Å². The van der Waals surface area contributed by atoms with E-state index < -0.39 is 0 Å². The molecule has 238 valence electrons. The van der Waals surface area contributed by atoms with Crippen LogP contribution in [0.25, 0.3) is 22.2 Å². The summed E-state index contributed by atoms with van der Waals surface area (Å²) in [6, 6.07) is 8.36. The average molecular weight is 641 g/mol. The monoisotopic (exact) mass is 640 g/mol. The van der Waals surface area contributed by atoms with Gasteiger partial charge < -0.3 is 9.47 Å². The maximum atomic E-state index is 12.9. The Kier molecular flexibility index (Phi) is 7.91. The highest BCUT2D eigenvalue weighted by atomic mass is 35.5. The van der Waals surface area contributed by atoms with Crippen molar-refractivity contribution in [2.75, 3.05) is 37.8 Å². The first kappa shape index (κ1) is 30.5. The van der Waals surface area contributed by atoms with Crippen LogP contribution in [0.1, 0.15) is 57.2 Å². The van der Waals surface area contributed by atoms with Crippen LogP contribution in [0.2, 0.25) is 5.02 Å². The number of amides is 1. The molecule has 7 rings (SSSR count). The number of aromatic nitrogens is 5. The minimum absolute atomic E-state index is 0.111. The lowest BCUT2D eigenvalue weighted by Gasteiger charge is -2.51. The molecular formula is C34H37ClN8O3.